The molecule has 1 heterocycles. The van der Waals surface area contributed by atoms with Crippen molar-refractivity contribution in [2.75, 3.05) is 13.1 Å². The summed E-state index contributed by atoms with van der Waals surface area (Å²) in [4.78, 5) is 2.44. The average molecular weight is 219 g/mol. The molecular weight excluding hydrogens is 198 g/mol. The van der Waals surface area contributed by atoms with Crippen LogP contribution in [0.2, 0.25) is 0 Å². The van der Waals surface area contributed by atoms with E-state index in [0.29, 0.717) is 11.2 Å². The van der Waals surface area contributed by atoms with E-state index in [0.717, 1.165) is 25.2 Å². The number of likely N-dealkylation sites (tertiary alicyclic amines) is 1. The van der Waals surface area contributed by atoms with Crippen molar-refractivity contribution in [3.05, 3.63) is 29.8 Å². The van der Waals surface area contributed by atoms with Crippen LogP contribution in [0.3, 0.4) is 0 Å². The minimum absolute atomic E-state index is 0.419. The Morgan fingerprint density at radius 2 is 2.06 bits per heavy atom. The standard InChI is InChI=1S/C14H21NO/c1-14(2)8-5-9-15(11-14)10-12-6-3-4-7-13(12)16/h3-4,6-7,16H,5,8-11H2,1-2H3. The molecule has 0 saturated carbocycles. The Bertz CT molecular complexity index is 360. The monoisotopic (exact) mass is 219 g/mol. The van der Waals surface area contributed by atoms with Gasteiger partial charge in [-0.15, -0.1) is 0 Å². The molecule has 1 N–H and O–H groups in total. The van der Waals surface area contributed by atoms with E-state index in [-0.39, 0.29) is 0 Å². The minimum atomic E-state index is 0.419. The first kappa shape index (κ1) is 11.5. The van der Waals surface area contributed by atoms with E-state index in [1.807, 2.05) is 18.2 Å². The number of nitrogens with zero attached hydrogens (tertiary/aromatic N) is 1. The fourth-order valence-electron chi connectivity index (χ4n) is 2.57. The number of benzene rings is 1. The molecule has 0 atom stereocenters. The van der Waals surface area contributed by atoms with Gasteiger partial charge in [-0.3, -0.25) is 4.90 Å². The van der Waals surface area contributed by atoms with E-state index < -0.39 is 0 Å². The summed E-state index contributed by atoms with van der Waals surface area (Å²) in [5, 5.41) is 9.74. The number of piperidine rings is 1. The zero-order valence-corrected chi connectivity index (χ0v) is 10.2. The largest absolute Gasteiger partial charge is 0.508 e. The van der Waals surface area contributed by atoms with Crippen LogP contribution in [0.4, 0.5) is 0 Å². The van der Waals surface area contributed by atoms with Crippen molar-refractivity contribution in [1.29, 1.82) is 0 Å². The highest BCUT2D eigenvalue weighted by Gasteiger charge is 2.26. The Morgan fingerprint density at radius 1 is 1.31 bits per heavy atom. The highest BCUT2D eigenvalue weighted by Crippen LogP contribution is 2.30. The van der Waals surface area contributed by atoms with Crippen molar-refractivity contribution in [3.8, 4) is 5.75 Å². The van der Waals surface area contributed by atoms with Crippen LogP contribution in [-0.4, -0.2) is 23.1 Å². The van der Waals surface area contributed by atoms with E-state index in [2.05, 4.69) is 18.7 Å². The van der Waals surface area contributed by atoms with Crippen molar-refractivity contribution in [1.82, 2.24) is 4.90 Å². The fraction of sp³-hybridized carbons (Fsp3) is 0.571. The molecule has 0 radical (unpaired) electrons. The van der Waals surface area contributed by atoms with Gasteiger partial charge < -0.3 is 5.11 Å². The molecule has 1 saturated heterocycles. The number of hydrogen-bond donors (Lipinski definition) is 1. The Labute approximate surface area is 97.9 Å². The van der Waals surface area contributed by atoms with Crippen molar-refractivity contribution in [3.63, 3.8) is 0 Å². The number of phenols is 1. The lowest BCUT2D eigenvalue weighted by Crippen LogP contribution is -2.39. The summed E-state index contributed by atoms with van der Waals surface area (Å²) in [7, 11) is 0. The van der Waals surface area contributed by atoms with Gasteiger partial charge in [0.05, 0.1) is 0 Å². The zero-order valence-electron chi connectivity index (χ0n) is 10.2. The molecule has 0 amide bonds. The predicted molar refractivity (Wildman–Crippen MR) is 66.4 cm³/mol. The number of hydrogen-bond acceptors (Lipinski definition) is 2. The Balaban J connectivity index is 2.02. The molecular formula is C14H21NO. The molecule has 88 valence electrons. The fourth-order valence-corrected chi connectivity index (χ4v) is 2.57. The molecule has 1 aromatic rings. The van der Waals surface area contributed by atoms with Gasteiger partial charge in [0.1, 0.15) is 5.75 Å². The number of phenolic OH excluding ortho intramolecular Hbond substituents is 1. The predicted octanol–water partition coefficient (Wildman–Crippen LogP) is 3.01. The summed E-state index contributed by atoms with van der Waals surface area (Å²) >= 11 is 0. The lowest BCUT2D eigenvalue weighted by Gasteiger charge is -2.38. The van der Waals surface area contributed by atoms with E-state index >= 15 is 0 Å². The zero-order chi connectivity index (χ0) is 11.6. The van der Waals surface area contributed by atoms with Crippen LogP contribution >= 0.6 is 0 Å². The molecule has 1 aliphatic heterocycles. The van der Waals surface area contributed by atoms with Crippen molar-refractivity contribution in [2.45, 2.75) is 33.2 Å². The topological polar surface area (TPSA) is 23.5 Å². The summed E-state index contributed by atoms with van der Waals surface area (Å²) in [5.41, 5.74) is 1.46. The Morgan fingerprint density at radius 3 is 2.75 bits per heavy atom. The lowest BCUT2D eigenvalue weighted by atomic mass is 9.84. The van der Waals surface area contributed by atoms with E-state index in [1.165, 1.54) is 12.8 Å². The molecule has 2 heteroatoms. The molecule has 0 unspecified atom stereocenters. The minimum Gasteiger partial charge on any atom is -0.508 e. The molecule has 0 spiro atoms. The van der Waals surface area contributed by atoms with Crippen LogP contribution in [0.1, 0.15) is 32.3 Å². The first-order chi connectivity index (χ1) is 7.57. The molecule has 0 aromatic heterocycles. The second kappa shape index (κ2) is 4.46. The SMILES string of the molecule is CC1(C)CCCN(Cc2ccccc2O)C1. The van der Waals surface area contributed by atoms with Crippen LogP contribution in [0, 0.1) is 5.41 Å². The highest BCUT2D eigenvalue weighted by atomic mass is 16.3. The van der Waals surface area contributed by atoms with Gasteiger partial charge in [0.15, 0.2) is 0 Å². The van der Waals surface area contributed by atoms with Gasteiger partial charge in [-0.2, -0.15) is 0 Å². The molecule has 0 bridgehead atoms. The molecule has 1 aliphatic rings. The van der Waals surface area contributed by atoms with Gasteiger partial charge in [-0.1, -0.05) is 32.0 Å². The second-order valence-electron chi connectivity index (χ2n) is 5.61. The third kappa shape index (κ3) is 2.76. The summed E-state index contributed by atoms with van der Waals surface area (Å²) in [5.74, 6) is 0.422. The van der Waals surface area contributed by atoms with Gasteiger partial charge in [-0.05, 0) is 30.9 Å². The van der Waals surface area contributed by atoms with Gasteiger partial charge in [0, 0.05) is 18.7 Å². The van der Waals surface area contributed by atoms with Crippen LogP contribution in [0.15, 0.2) is 24.3 Å². The maximum Gasteiger partial charge on any atom is 0.120 e. The van der Waals surface area contributed by atoms with Crippen molar-refractivity contribution in [2.24, 2.45) is 5.41 Å². The second-order valence-corrected chi connectivity index (χ2v) is 5.61. The molecule has 16 heavy (non-hydrogen) atoms. The summed E-state index contributed by atoms with van der Waals surface area (Å²) in [6, 6.07) is 7.64. The normalized spacial score (nSPS) is 20.9. The van der Waals surface area contributed by atoms with Crippen LogP contribution in [0.5, 0.6) is 5.75 Å². The first-order valence-electron chi connectivity index (χ1n) is 6.06. The van der Waals surface area contributed by atoms with Crippen LogP contribution in [0.25, 0.3) is 0 Å². The molecule has 1 aromatic carbocycles. The molecule has 1 fully saturated rings. The molecule has 2 rings (SSSR count). The van der Waals surface area contributed by atoms with Gasteiger partial charge in [0.2, 0.25) is 0 Å². The van der Waals surface area contributed by atoms with Crippen LogP contribution in [-0.2, 0) is 6.54 Å². The van der Waals surface area contributed by atoms with Gasteiger partial charge >= 0.3 is 0 Å². The number of para-hydroxylation sites is 1. The van der Waals surface area contributed by atoms with Crippen LogP contribution < -0.4 is 0 Å². The van der Waals surface area contributed by atoms with E-state index in [1.54, 1.807) is 6.07 Å². The van der Waals surface area contributed by atoms with Crippen molar-refractivity contribution >= 4 is 0 Å². The Kier molecular flexibility index (Phi) is 3.20. The maximum absolute atomic E-state index is 9.74. The molecule has 0 aliphatic carbocycles. The third-order valence-corrected chi connectivity index (χ3v) is 3.37. The number of rotatable bonds is 2. The quantitative estimate of drug-likeness (QED) is 0.826. The van der Waals surface area contributed by atoms with Gasteiger partial charge in [0.25, 0.3) is 0 Å². The summed E-state index contributed by atoms with van der Waals surface area (Å²) < 4.78 is 0. The summed E-state index contributed by atoms with van der Waals surface area (Å²) in [6.07, 6.45) is 2.57. The average Bonchev–Trinajstić information content (AvgIpc) is 2.20. The first-order valence-corrected chi connectivity index (χ1v) is 6.06. The maximum atomic E-state index is 9.74. The Hall–Kier alpha value is -1.02. The highest BCUT2D eigenvalue weighted by molar-refractivity contribution is 5.31. The summed E-state index contributed by atoms with van der Waals surface area (Å²) in [6.45, 7) is 7.79. The molecule has 2 nitrogen and oxygen atoms in total. The van der Waals surface area contributed by atoms with E-state index in [9.17, 15) is 5.11 Å². The van der Waals surface area contributed by atoms with Crippen molar-refractivity contribution < 1.29 is 5.11 Å². The smallest absolute Gasteiger partial charge is 0.120 e. The third-order valence-electron chi connectivity index (χ3n) is 3.37. The number of aromatic hydroxyl groups is 1. The van der Waals surface area contributed by atoms with Gasteiger partial charge in [-0.25, -0.2) is 0 Å². The van der Waals surface area contributed by atoms with E-state index in [4.69, 9.17) is 0 Å². The lowest BCUT2D eigenvalue weighted by molar-refractivity contribution is 0.111.